The Morgan fingerprint density at radius 3 is 3.19 bits per heavy atom. The molecule has 0 radical (unpaired) electrons. The highest BCUT2D eigenvalue weighted by Crippen LogP contribution is 2.33. The maximum atomic E-state index is 5.20. The highest BCUT2D eigenvalue weighted by molar-refractivity contribution is 5.79. The van der Waals surface area contributed by atoms with Crippen molar-refractivity contribution < 1.29 is 4.52 Å². The molecule has 0 bridgehead atoms. The molecular weight excluding hydrogens is 264 g/mol. The van der Waals surface area contributed by atoms with Gasteiger partial charge in [-0.2, -0.15) is 0 Å². The molecule has 3 aromatic rings. The number of hydrogen-bond donors (Lipinski definition) is 1. The number of aryl methyl sites for hydroxylation is 1. The fourth-order valence-electron chi connectivity index (χ4n) is 2.89. The lowest BCUT2D eigenvalue weighted by Gasteiger charge is -2.21. The Kier molecular flexibility index (Phi) is 2.96. The van der Waals surface area contributed by atoms with Crippen LogP contribution < -0.4 is 5.32 Å². The fraction of sp³-hybridized carbons (Fsp3) is 0.250. The van der Waals surface area contributed by atoms with Crippen LogP contribution in [0, 0.1) is 0 Å². The Morgan fingerprint density at radius 1 is 1.29 bits per heavy atom. The monoisotopic (exact) mass is 280 g/mol. The normalized spacial score (nSPS) is 13.7. The summed E-state index contributed by atoms with van der Waals surface area (Å²) < 4.78 is 7.29. The third-order valence-electron chi connectivity index (χ3n) is 3.88. The average molecular weight is 280 g/mol. The van der Waals surface area contributed by atoms with Gasteiger partial charge >= 0.3 is 0 Å². The Labute approximate surface area is 122 Å². The van der Waals surface area contributed by atoms with Crippen molar-refractivity contribution in [2.24, 2.45) is 0 Å². The smallest absolute Gasteiger partial charge is 0.156 e. The third kappa shape index (κ3) is 2.20. The first kappa shape index (κ1) is 12.2. The van der Waals surface area contributed by atoms with E-state index in [1.807, 2.05) is 18.6 Å². The van der Waals surface area contributed by atoms with Gasteiger partial charge in [0.25, 0.3) is 0 Å². The van der Waals surface area contributed by atoms with Crippen molar-refractivity contribution >= 4 is 5.69 Å². The molecule has 1 aliphatic rings. The number of anilines is 1. The van der Waals surface area contributed by atoms with E-state index in [1.54, 1.807) is 6.20 Å². The zero-order chi connectivity index (χ0) is 14.1. The molecule has 0 unspecified atom stereocenters. The van der Waals surface area contributed by atoms with Crippen molar-refractivity contribution in [1.29, 1.82) is 0 Å². The van der Waals surface area contributed by atoms with Crippen LogP contribution in [0.15, 0.2) is 47.5 Å². The van der Waals surface area contributed by atoms with Crippen molar-refractivity contribution in [3.63, 3.8) is 0 Å². The number of benzene rings is 1. The van der Waals surface area contributed by atoms with Gasteiger partial charge in [0.2, 0.25) is 0 Å². The first-order chi connectivity index (χ1) is 10.4. The van der Waals surface area contributed by atoms with Crippen LogP contribution in [0.25, 0.3) is 11.3 Å². The Morgan fingerprint density at radius 2 is 2.29 bits per heavy atom. The lowest BCUT2D eigenvalue weighted by Crippen LogP contribution is -2.13. The third-order valence-corrected chi connectivity index (χ3v) is 3.88. The largest absolute Gasteiger partial charge is 0.384 e. The minimum absolute atomic E-state index is 0.638. The van der Waals surface area contributed by atoms with Gasteiger partial charge < -0.3 is 14.4 Å². The maximum Gasteiger partial charge on any atom is 0.156 e. The Balaban J connectivity index is 1.76. The lowest BCUT2D eigenvalue weighted by atomic mass is 9.98. The van der Waals surface area contributed by atoms with E-state index in [1.165, 1.54) is 23.2 Å². The van der Waals surface area contributed by atoms with Crippen LogP contribution in [-0.2, 0) is 13.0 Å². The summed E-state index contributed by atoms with van der Waals surface area (Å²) in [6.07, 6.45) is 7.72. The second kappa shape index (κ2) is 5.09. The summed E-state index contributed by atoms with van der Waals surface area (Å²) in [5, 5.41) is 7.28. The van der Waals surface area contributed by atoms with E-state index in [0.29, 0.717) is 6.54 Å². The second-order valence-electron chi connectivity index (χ2n) is 5.26. The van der Waals surface area contributed by atoms with Gasteiger partial charge in [0.05, 0.1) is 31.0 Å². The van der Waals surface area contributed by atoms with Crippen LogP contribution in [0.4, 0.5) is 5.69 Å². The fourth-order valence-corrected chi connectivity index (χ4v) is 2.89. The summed E-state index contributed by atoms with van der Waals surface area (Å²) >= 11 is 0. The molecular formula is C16H16N4O. The number of para-hydroxylation sites is 1. The van der Waals surface area contributed by atoms with E-state index in [4.69, 9.17) is 4.52 Å². The molecule has 1 aliphatic heterocycles. The highest BCUT2D eigenvalue weighted by Gasteiger charge is 2.16. The van der Waals surface area contributed by atoms with Gasteiger partial charge in [-0.1, -0.05) is 23.4 Å². The van der Waals surface area contributed by atoms with Crippen molar-refractivity contribution in [2.75, 3.05) is 11.9 Å². The molecule has 0 saturated carbocycles. The molecule has 4 rings (SSSR count). The zero-order valence-corrected chi connectivity index (χ0v) is 11.6. The first-order valence-corrected chi connectivity index (χ1v) is 7.17. The number of aromatic nitrogens is 3. The molecule has 3 heterocycles. The first-order valence-electron chi connectivity index (χ1n) is 7.17. The van der Waals surface area contributed by atoms with Gasteiger partial charge in [-0.15, -0.1) is 0 Å². The van der Waals surface area contributed by atoms with Crippen LogP contribution >= 0.6 is 0 Å². The van der Waals surface area contributed by atoms with Gasteiger partial charge in [0.15, 0.2) is 5.76 Å². The van der Waals surface area contributed by atoms with Crippen LogP contribution in [0.2, 0.25) is 0 Å². The van der Waals surface area contributed by atoms with Crippen molar-refractivity contribution in [3.8, 4) is 11.3 Å². The summed E-state index contributed by atoms with van der Waals surface area (Å²) in [4.78, 5) is 4.30. The molecule has 0 fully saturated rings. The number of fused-ring (bicyclic) bond motifs is 1. The number of rotatable bonds is 3. The van der Waals surface area contributed by atoms with E-state index in [0.717, 1.165) is 24.4 Å². The molecule has 0 amide bonds. The SMILES string of the molecule is c1cc2c(c(-c3cncn3Cc3ccno3)c1)NCCC2. The van der Waals surface area contributed by atoms with E-state index < -0.39 is 0 Å². The summed E-state index contributed by atoms with van der Waals surface area (Å²) in [7, 11) is 0. The summed E-state index contributed by atoms with van der Waals surface area (Å²) in [5.74, 6) is 0.826. The molecule has 0 atom stereocenters. The van der Waals surface area contributed by atoms with Crippen molar-refractivity contribution in [2.45, 2.75) is 19.4 Å². The zero-order valence-electron chi connectivity index (χ0n) is 11.6. The van der Waals surface area contributed by atoms with Crippen LogP contribution in [0.1, 0.15) is 17.7 Å². The van der Waals surface area contributed by atoms with E-state index in [9.17, 15) is 0 Å². The molecule has 21 heavy (non-hydrogen) atoms. The van der Waals surface area contributed by atoms with Crippen molar-refractivity contribution in [1.82, 2.24) is 14.7 Å². The predicted octanol–water partition coefficient (Wildman–Crippen LogP) is 2.94. The minimum Gasteiger partial charge on any atom is -0.384 e. The van der Waals surface area contributed by atoms with Crippen molar-refractivity contribution in [3.05, 3.63) is 54.3 Å². The van der Waals surface area contributed by atoms with Crippen LogP contribution in [0.5, 0.6) is 0 Å². The van der Waals surface area contributed by atoms with Gasteiger partial charge in [-0.25, -0.2) is 4.98 Å². The molecule has 1 aromatic carbocycles. The number of imidazole rings is 1. The topological polar surface area (TPSA) is 55.9 Å². The van der Waals surface area contributed by atoms with E-state index in [2.05, 4.69) is 38.2 Å². The van der Waals surface area contributed by atoms with Crippen LogP contribution in [0.3, 0.4) is 0 Å². The summed E-state index contributed by atoms with van der Waals surface area (Å²) in [6.45, 7) is 1.67. The molecule has 0 spiro atoms. The van der Waals surface area contributed by atoms with E-state index >= 15 is 0 Å². The predicted molar refractivity (Wildman–Crippen MR) is 80.1 cm³/mol. The Bertz CT molecular complexity index is 745. The molecule has 106 valence electrons. The molecule has 0 saturated heterocycles. The number of hydrogen-bond acceptors (Lipinski definition) is 4. The van der Waals surface area contributed by atoms with Gasteiger partial charge in [-0.05, 0) is 18.4 Å². The average Bonchev–Trinajstić information content (AvgIpc) is 3.19. The summed E-state index contributed by atoms with van der Waals surface area (Å²) in [5.41, 5.74) is 4.91. The van der Waals surface area contributed by atoms with Gasteiger partial charge in [0.1, 0.15) is 0 Å². The van der Waals surface area contributed by atoms with Crippen LogP contribution in [-0.4, -0.2) is 21.3 Å². The van der Waals surface area contributed by atoms with E-state index in [-0.39, 0.29) is 0 Å². The van der Waals surface area contributed by atoms with Gasteiger partial charge in [0, 0.05) is 23.9 Å². The molecule has 0 aliphatic carbocycles. The molecule has 2 aromatic heterocycles. The standard InChI is InChI=1S/C16H16N4O/c1-3-12-4-2-7-18-16(12)14(5-1)15-9-17-11-20(15)10-13-6-8-19-21-13/h1,3,5-6,8-9,11,18H,2,4,7,10H2. The maximum absolute atomic E-state index is 5.20. The Hall–Kier alpha value is -2.56. The molecule has 5 nitrogen and oxygen atoms in total. The molecule has 5 heteroatoms. The number of nitrogens with one attached hydrogen (secondary N) is 1. The number of nitrogens with zero attached hydrogens (tertiary/aromatic N) is 3. The molecule has 1 N–H and O–H groups in total. The minimum atomic E-state index is 0.638. The quantitative estimate of drug-likeness (QED) is 0.801. The summed E-state index contributed by atoms with van der Waals surface area (Å²) in [6, 6.07) is 8.34. The highest BCUT2D eigenvalue weighted by atomic mass is 16.5. The van der Waals surface area contributed by atoms with Gasteiger partial charge in [-0.3, -0.25) is 0 Å². The lowest BCUT2D eigenvalue weighted by molar-refractivity contribution is 0.377. The second-order valence-corrected chi connectivity index (χ2v) is 5.26.